The van der Waals surface area contributed by atoms with Gasteiger partial charge in [0.2, 0.25) is 0 Å². The summed E-state index contributed by atoms with van der Waals surface area (Å²) in [4.78, 5) is 14.1. The number of rotatable bonds is 8. The van der Waals surface area contributed by atoms with Crippen LogP contribution in [0.2, 0.25) is 0 Å². The number of pyridine rings is 1. The minimum atomic E-state index is 0.396. The fourth-order valence-corrected chi connectivity index (χ4v) is 4.01. The third kappa shape index (κ3) is 5.01. The van der Waals surface area contributed by atoms with Crippen LogP contribution in [0.4, 0.5) is 0 Å². The van der Waals surface area contributed by atoms with Crippen molar-refractivity contribution >= 4 is 10.9 Å². The Morgan fingerprint density at radius 3 is 2.28 bits per heavy atom. The van der Waals surface area contributed by atoms with E-state index in [0.29, 0.717) is 23.7 Å². The van der Waals surface area contributed by atoms with Gasteiger partial charge in [-0.05, 0) is 60.8 Å². The van der Waals surface area contributed by atoms with Gasteiger partial charge in [-0.3, -0.25) is 4.98 Å². The summed E-state index contributed by atoms with van der Waals surface area (Å²) in [6.45, 7) is 13.4. The summed E-state index contributed by atoms with van der Waals surface area (Å²) in [5.74, 6) is 1.87. The van der Waals surface area contributed by atoms with Crippen LogP contribution in [-0.2, 0) is 0 Å². The van der Waals surface area contributed by atoms with Crippen LogP contribution in [-0.4, -0.2) is 15.0 Å². The molecule has 0 spiro atoms. The van der Waals surface area contributed by atoms with Gasteiger partial charge in [0.05, 0.1) is 11.2 Å². The zero-order valence-electron chi connectivity index (χ0n) is 18.8. The molecule has 29 heavy (non-hydrogen) atoms. The average Bonchev–Trinajstić information content (AvgIpc) is 2.73. The molecular formula is C26H35N3. The first-order chi connectivity index (χ1) is 13.9. The van der Waals surface area contributed by atoms with Gasteiger partial charge < -0.3 is 0 Å². The summed E-state index contributed by atoms with van der Waals surface area (Å²) in [7, 11) is 0. The molecule has 3 aromatic rings. The lowest BCUT2D eigenvalue weighted by Gasteiger charge is -2.19. The van der Waals surface area contributed by atoms with Gasteiger partial charge in [-0.2, -0.15) is 0 Å². The van der Waals surface area contributed by atoms with Gasteiger partial charge in [0.1, 0.15) is 6.33 Å². The number of hydrogen-bond donors (Lipinski definition) is 0. The maximum absolute atomic E-state index is 4.94. The SMILES string of the molecule is CCC(CCC(C)c1ncnc2cc(C(C)C)ccc12)c1cccc(C(C)C)n1. The zero-order chi connectivity index (χ0) is 21.0. The molecule has 3 nitrogen and oxygen atoms in total. The molecule has 3 heteroatoms. The van der Waals surface area contributed by atoms with E-state index in [1.165, 1.54) is 28.0 Å². The first-order valence-corrected chi connectivity index (χ1v) is 11.1. The Labute approximate surface area is 176 Å². The molecule has 1 aromatic carbocycles. The van der Waals surface area contributed by atoms with Crippen LogP contribution in [0.3, 0.4) is 0 Å². The summed E-state index contributed by atoms with van der Waals surface area (Å²) >= 11 is 0. The Balaban J connectivity index is 1.77. The molecule has 2 unspecified atom stereocenters. The van der Waals surface area contributed by atoms with Crippen molar-refractivity contribution in [1.29, 1.82) is 0 Å². The van der Waals surface area contributed by atoms with Crippen molar-refractivity contribution in [3.63, 3.8) is 0 Å². The fraction of sp³-hybridized carbons (Fsp3) is 0.500. The molecule has 0 saturated heterocycles. The Kier molecular flexibility index (Phi) is 7.00. The van der Waals surface area contributed by atoms with Gasteiger partial charge in [0.15, 0.2) is 0 Å². The van der Waals surface area contributed by atoms with Crippen molar-refractivity contribution in [3.05, 3.63) is 65.4 Å². The smallest absolute Gasteiger partial charge is 0.116 e. The van der Waals surface area contributed by atoms with Gasteiger partial charge in [-0.25, -0.2) is 9.97 Å². The second-order valence-corrected chi connectivity index (χ2v) is 8.92. The first kappa shape index (κ1) is 21.4. The predicted octanol–water partition coefficient (Wildman–Crippen LogP) is 7.35. The van der Waals surface area contributed by atoms with Crippen molar-refractivity contribution in [2.24, 2.45) is 0 Å². The monoisotopic (exact) mass is 389 g/mol. The number of benzene rings is 1. The number of aromatic nitrogens is 3. The third-order valence-electron chi connectivity index (χ3n) is 6.07. The van der Waals surface area contributed by atoms with Crippen molar-refractivity contribution < 1.29 is 0 Å². The lowest BCUT2D eigenvalue weighted by atomic mass is 9.89. The molecule has 154 valence electrons. The van der Waals surface area contributed by atoms with E-state index in [1.54, 1.807) is 6.33 Å². The number of hydrogen-bond acceptors (Lipinski definition) is 3. The summed E-state index contributed by atoms with van der Waals surface area (Å²) in [5.41, 5.74) is 5.99. The second kappa shape index (κ2) is 9.47. The van der Waals surface area contributed by atoms with Crippen LogP contribution in [0.15, 0.2) is 42.7 Å². The van der Waals surface area contributed by atoms with Crippen LogP contribution in [0.25, 0.3) is 10.9 Å². The van der Waals surface area contributed by atoms with Crippen LogP contribution in [0.1, 0.15) is 107 Å². The van der Waals surface area contributed by atoms with Crippen molar-refractivity contribution in [2.75, 3.05) is 0 Å². The van der Waals surface area contributed by atoms with Crippen LogP contribution >= 0.6 is 0 Å². The Morgan fingerprint density at radius 2 is 1.59 bits per heavy atom. The molecule has 0 aliphatic heterocycles. The third-order valence-corrected chi connectivity index (χ3v) is 6.07. The molecule has 0 fully saturated rings. The highest BCUT2D eigenvalue weighted by atomic mass is 14.8. The number of nitrogens with zero attached hydrogens (tertiary/aromatic N) is 3. The van der Waals surface area contributed by atoms with Crippen molar-refractivity contribution in [1.82, 2.24) is 15.0 Å². The van der Waals surface area contributed by atoms with Crippen molar-refractivity contribution in [2.45, 2.75) is 84.5 Å². The maximum atomic E-state index is 4.94. The molecule has 0 aliphatic carbocycles. The number of fused-ring (bicyclic) bond motifs is 1. The Hall–Kier alpha value is -2.29. The van der Waals surface area contributed by atoms with E-state index >= 15 is 0 Å². The minimum absolute atomic E-state index is 0.396. The molecule has 2 atom stereocenters. The fourth-order valence-electron chi connectivity index (χ4n) is 4.01. The van der Waals surface area contributed by atoms with E-state index in [-0.39, 0.29) is 0 Å². The molecule has 3 rings (SSSR count). The van der Waals surface area contributed by atoms with E-state index in [0.717, 1.165) is 24.8 Å². The normalized spacial score (nSPS) is 13.9. The van der Waals surface area contributed by atoms with E-state index in [2.05, 4.69) is 87.9 Å². The topological polar surface area (TPSA) is 38.7 Å². The largest absolute Gasteiger partial charge is 0.257 e. The summed E-state index contributed by atoms with van der Waals surface area (Å²) in [6.07, 6.45) is 5.07. The first-order valence-electron chi connectivity index (χ1n) is 11.1. The highest BCUT2D eigenvalue weighted by molar-refractivity contribution is 5.81. The van der Waals surface area contributed by atoms with E-state index < -0.39 is 0 Å². The van der Waals surface area contributed by atoms with Gasteiger partial charge in [-0.1, -0.05) is 59.7 Å². The summed E-state index contributed by atoms with van der Waals surface area (Å²) in [5, 5.41) is 1.19. The van der Waals surface area contributed by atoms with Gasteiger partial charge in [0.25, 0.3) is 0 Å². The standard InChI is InChI=1S/C26H35N3/c1-7-20(24-10-8-9-23(29-24)18(4)5)12-11-19(6)26-22-14-13-21(17(2)3)15-25(22)27-16-28-26/h8-10,13-20H,7,11-12H2,1-6H3. The molecule has 0 amide bonds. The minimum Gasteiger partial charge on any atom is -0.257 e. The maximum Gasteiger partial charge on any atom is 0.116 e. The van der Waals surface area contributed by atoms with Crippen LogP contribution in [0, 0.1) is 0 Å². The molecule has 2 aromatic heterocycles. The Morgan fingerprint density at radius 1 is 0.828 bits per heavy atom. The molecular weight excluding hydrogens is 354 g/mol. The molecule has 0 radical (unpaired) electrons. The predicted molar refractivity (Wildman–Crippen MR) is 123 cm³/mol. The summed E-state index contributed by atoms with van der Waals surface area (Å²) < 4.78 is 0. The van der Waals surface area contributed by atoms with Crippen LogP contribution in [0.5, 0.6) is 0 Å². The molecule has 0 saturated carbocycles. The van der Waals surface area contributed by atoms with Crippen molar-refractivity contribution in [3.8, 4) is 0 Å². The summed E-state index contributed by atoms with van der Waals surface area (Å²) in [6, 6.07) is 13.1. The highest BCUT2D eigenvalue weighted by Gasteiger charge is 2.17. The quantitative estimate of drug-likeness (QED) is 0.404. The molecule has 0 aliphatic rings. The van der Waals surface area contributed by atoms with E-state index in [1.807, 2.05) is 0 Å². The Bertz CT molecular complexity index is 946. The molecule has 2 heterocycles. The van der Waals surface area contributed by atoms with Gasteiger partial charge in [0, 0.05) is 22.7 Å². The highest BCUT2D eigenvalue weighted by Crippen LogP contribution is 2.32. The lowest BCUT2D eigenvalue weighted by molar-refractivity contribution is 0.520. The second-order valence-electron chi connectivity index (χ2n) is 8.92. The van der Waals surface area contributed by atoms with E-state index in [9.17, 15) is 0 Å². The van der Waals surface area contributed by atoms with Crippen LogP contribution < -0.4 is 0 Å². The lowest BCUT2D eigenvalue weighted by Crippen LogP contribution is -2.06. The van der Waals surface area contributed by atoms with E-state index in [4.69, 9.17) is 4.98 Å². The van der Waals surface area contributed by atoms with Gasteiger partial charge >= 0.3 is 0 Å². The average molecular weight is 390 g/mol. The molecule has 0 N–H and O–H groups in total. The molecule has 0 bridgehead atoms. The zero-order valence-corrected chi connectivity index (χ0v) is 18.8. The van der Waals surface area contributed by atoms with Gasteiger partial charge in [-0.15, -0.1) is 0 Å².